The molecule has 3 aromatic carbocycles. The second kappa shape index (κ2) is 11.9. The summed E-state index contributed by atoms with van der Waals surface area (Å²) in [6.07, 6.45) is 1.56. The van der Waals surface area contributed by atoms with E-state index in [-0.39, 0.29) is 35.6 Å². The molecule has 1 fully saturated rings. The Morgan fingerprint density at radius 1 is 1.05 bits per heavy atom. The van der Waals surface area contributed by atoms with Crippen molar-refractivity contribution in [3.05, 3.63) is 110 Å². The summed E-state index contributed by atoms with van der Waals surface area (Å²) < 4.78 is 51.9. The first-order chi connectivity index (χ1) is 21.2. The molecule has 2 aromatic heterocycles. The Labute approximate surface area is 264 Å². The predicted octanol–water partition coefficient (Wildman–Crippen LogP) is 7.47. The van der Waals surface area contributed by atoms with Gasteiger partial charge in [-0.25, -0.2) is 23.5 Å². The highest BCUT2D eigenvalue weighted by atomic mass is 127. The van der Waals surface area contributed by atoms with Crippen LogP contribution in [0, 0.1) is 32.0 Å². The van der Waals surface area contributed by atoms with E-state index >= 15 is 4.39 Å². The minimum atomic E-state index is -1.07. The van der Waals surface area contributed by atoms with Gasteiger partial charge in [-0.1, -0.05) is 24.3 Å². The zero-order valence-corrected chi connectivity index (χ0v) is 25.3. The molecule has 0 amide bonds. The van der Waals surface area contributed by atoms with Gasteiger partial charge in [0, 0.05) is 39.1 Å². The molecule has 1 N–H and O–H groups in total. The number of halogens is 4. The summed E-state index contributed by atoms with van der Waals surface area (Å²) in [6.45, 7) is -0.265. The lowest BCUT2D eigenvalue weighted by Crippen LogP contribution is -2.16. The Kier molecular flexibility index (Phi) is 8.02. The van der Waals surface area contributed by atoms with Gasteiger partial charge in [-0.15, -0.1) is 0 Å². The average molecular weight is 708 g/mol. The summed E-state index contributed by atoms with van der Waals surface area (Å²) in [6, 6.07) is 18.8. The molecule has 1 saturated carbocycles. The smallest absolute Gasteiger partial charge is 0.335 e. The molecule has 7 nitrogen and oxygen atoms in total. The molecular weight excluding hydrogens is 684 g/mol. The zero-order valence-electron chi connectivity index (χ0n) is 23.2. The topological polar surface area (TPSA) is 101 Å². The summed E-state index contributed by atoms with van der Waals surface area (Å²) in [7, 11) is 0. The van der Waals surface area contributed by atoms with Gasteiger partial charge in [0.05, 0.1) is 35.1 Å². The summed E-state index contributed by atoms with van der Waals surface area (Å²) in [5.41, 5.74) is 2.58. The Hall–Kier alpha value is -4.44. The third-order valence-corrected chi connectivity index (χ3v) is 8.67. The monoisotopic (exact) mass is 708 g/mol. The molecule has 222 valence electrons. The molecule has 44 heavy (non-hydrogen) atoms. The molecule has 0 bridgehead atoms. The van der Waals surface area contributed by atoms with Crippen molar-refractivity contribution in [2.45, 2.75) is 32.4 Å². The van der Waals surface area contributed by atoms with Crippen LogP contribution in [0.25, 0.3) is 22.3 Å². The number of pyridine rings is 1. The third kappa shape index (κ3) is 5.99. The van der Waals surface area contributed by atoms with Crippen molar-refractivity contribution in [1.29, 1.82) is 5.26 Å². The second-order valence-electron chi connectivity index (χ2n) is 10.9. The fourth-order valence-electron chi connectivity index (χ4n) is 5.07. The number of hydrogen-bond donors (Lipinski definition) is 1. The summed E-state index contributed by atoms with van der Waals surface area (Å²) >= 11 is 2.04. The maximum atomic E-state index is 15.6. The van der Waals surface area contributed by atoms with E-state index in [1.165, 1.54) is 24.3 Å². The molecule has 0 atom stereocenters. The Balaban J connectivity index is 1.26. The van der Waals surface area contributed by atoms with Crippen molar-refractivity contribution < 1.29 is 27.8 Å². The van der Waals surface area contributed by atoms with Gasteiger partial charge in [-0.05, 0) is 77.4 Å². The summed E-state index contributed by atoms with van der Waals surface area (Å²) in [5, 5.41) is 18.5. The van der Waals surface area contributed by atoms with Gasteiger partial charge >= 0.3 is 5.97 Å². The van der Waals surface area contributed by atoms with Crippen molar-refractivity contribution in [3.63, 3.8) is 0 Å². The van der Waals surface area contributed by atoms with E-state index in [9.17, 15) is 18.7 Å². The molecule has 2 heterocycles. The standard InChI is InChI=1S/C33H24F3IN4O3/c34-17-33(8-9-33)18-41-28-13-23(32(42)43)12-26(37)31(28)40-29(41)14-20-6-7-21(11-25(20)36)27-2-1-3-30(39-27)44-16-22-5-4-19(15-38)10-24(22)35/h1-7,10-13H,8-9,14,16-18H2,(H,42,43). The van der Waals surface area contributed by atoms with Crippen molar-refractivity contribution in [2.75, 3.05) is 6.67 Å². The fraction of sp³-hybridized carbons (Fsp3) is 0.212. The number of aromatic carboxylic acids is 1. The van der Waals surface area contributed by atoms with Crippen LogP contribution >= 0.6 is 22.6 Å². The van der Waals surface area contributed by atoms with Crippen molar-refractivity contribution in [1.82, 2.24) is 14.5 Å². The van der Waals surface area contributed by atoms with Crippen LogP contribution in [-0.2, 0) is 19.6 Å². The van der Waals surface area contributed by atoms with Gasteiger partial charge in [0.1, 0.15) is 29.6 Å². The van der Waals surface area contributed by atoms with E-state index in [2.05, 4.69) is 4.98 Å². The number of alkyl halides is 1. The van der Waals surface area contributed by atoms with Gasteiger partial charge in [-0.2, -0.15) is 5.26 Å². The van der Waals surface area contributed by atoms with Gasteiger partial charge in [0.15, 0.2) is 0 Å². The molecule has 0 aliphatic heterocycles. The highest BCUT2D eigenvalue weighted by molar-refractivity contribution is 14.1. The van der Waals surface area contributed by atoms with Gasteiger partial charge in [0.25, 0.3) is 0 Å². The number of ether oxygens (including phenoxy) is 1. The number of carboxylic acid groups (broad SMARTS) is 1. The molecule has 0 saturated heterocycles. The van der Waals surface area contributed by atoms with Crippen molar-refractivity contribution >= 4 is 39.6 Å². The van der Waals surface area contributed by atoms with Crippen molar-refractivity contribution in [3.8, 4) is 23.2 Å². The second-order valence-corrected chi connectivity index (χ2v) is 12.1. The van der Waals surface area contributed by atoms with E-state index in [0.717, 1.165) is 18.9 Å². The van der Waals surface area contributed by atoms with Crippen LogP contribution in [0.2, 0.25) is 0 Å². The highest BCUT2D eigenvalue weighted by Crippen LogP contribution is 2.48. The lowest BCUT2D eigenvalue weighted by molar-refractivity contribution is 0.0697. The minimum absolute atomic E-state index is 0.0983. The average Bonchev–Trinajstić information content (AvgIpc) is 3.72. The number of benzene rings is 3. The number of nitrogens with zero attached hydrogens (tertiary/aromatic N) is 4. The number of imidazole rings is 1. The van der Waals surface area contributed by atoms with Crippen LogP contribution in [0.3, 0.4) is 0 Å². The summed E-state index contributed by atoms with van der Waals surface area (Å²) in [5.74, 6) is -1.37. The first-order valence-electron chi connectivity index (χ1n) is 13.7. The maximum Gasteiger partial charge on any atom is 0.335 e. The van der Waals surface area contributed by atoms with Gasteiger partial charge < -0.3 is 14.4 Å². The minimum Gasteiger partial charge on any atom is -0.478 e. The van der Waals surface area contributed by atoms with Crippen LogP contribution in [0.1, 0.15) is 45.7 Å². The molecule has 6 rings (SSSR count). The molecule has 0 radical (unpaired) electrons. The number of fused-ring (bicyclic) bond motifs is 1. The lowest BCUT2D eigenvalue weighted by Gasteiger charge is -2.16. The van der Waals surface area contributed by atoms with E-state index in [0.29, 0.717) is 43.8 Å². The van der Waals surface area contributed by atoms with Gasteiger partial charge in [0.2, 0.25) is 5.88 Å². The normalized spacial score (nSPS) is 13.5. The number of aromatic nitrogens is 3. The maximum absolute atomic E-state index is 15.6. The largest absolute Gasteiger partial charge is 0.478 e. The first kappa shape index (κ1) is 29.6. The Morgan fingerprint density at radius 2 is 1.82 bits per heavy atom. The van der Waals surface area contributed by atoms with Crippen LogP contribution in [0.5, 0.6) is 5.88 Å². The van der Waals surface area contributed by atoms with Crippen LogP contribution in [-0.4, -0.2) is 32.3 Å². The predicted molar refractivity (Wildman–Crippen MR) is 165 cm³/mol. The summed E-state index contributed by atoms with van der Waals surface area (Å²) in [4.78, 5) is 20.9. The van der Waals surface area contributed by atoms with E-state index in [1.807, 2.05) is 33.2 Å². The quantitative estimate of drug-likeness (QED) is 0.151. The number of hydrogen-bond acceptors (Lipinski definition) is 5. The van der Waals surface area contributed by atoms with Crippen molar-refractivity contribution in [2.24, 2.45) is 5.41 Å². The Morgan fingerprint density at radius 3 is 2.50 bits per heavy atom. The molecule has 0 unspecified atom stereocenters. The number of nitriles is 1. The molecule has 5 aromatic rings. The van der Waals surface area contributed by atoms with E-state index in [1.54, 1.807) is 36.4 Å². The highest BCUT2D eigenvalue weighted by Gasteiger charge is 2.44. The fourth-order valence-corrected chi connectivity index (χ4v) is 5.80. The van der Waals surface area contributed by atoms with E-state index < -0.39 is 29.7 Å². The molecule has 1 aliphatic rings. The number of carbonyl (C=O) groups is 1. The van der Waals surface area contributed by atoms with Gasteiger partial charge in [-0.3, -0.25) is 4.39 Å². The zero-order chi connectivity index (χ0) is 31.0. The molecule has 11 heteroatoms. The molecule has 1 aliphatic carbocycles. The van der Waals surface area contributed by atoms with Crippen LogP contribution < -0.4 is 4.74 Å². The lowest BCUT2D eigenvalue weighted by atomic mass is 10.0. The Bertz CT molecular complexity index is 1970. The molecular formula is C33H24F3IN4O3. The number of carboxylic acids is 1. The number of rotatable bonds is 10. The third-order valence-electron chi connectivity index (χ3n) is 7.85. The van der Waals surface area contributed by atoms with Crippen LogP contribution in [0.4, 0.5) is 13.2 Å². The molecule has 0 spiro atoms. The SMILES string of the molecule is N#Cc1ccc(COc2cccc(-c3ccc(Cc4nc5c(I)cc(C(=O)O)cc5n4CC4(CF)CC4)c(F)c3)n2)c(F)c1. The first-order valence-corrected chi connectivity index (χ1v) is 14.8. The van der Waals surface area contributed by atoms with E-state index in [4.69, 9.17) is 15.0 Å². The van der Waals surface area contributed by atoms with Crippen LogP contribution in [0.15, 0.2) is 66.7 Å².